The molecule has 1 unspecified atom stereocenters. The Morgan fingerprint density at radius 1 is 1.48 bits per heavy atom. The second-order valence-electron chi connectivity index (χ2n) is 4.84. The first-order chi connectivity index (χ1) is 9.78. The molecule has 0 saturated carbocycles. The summed E-state index contributed by atoms with van der Waals surface area (Å²) in [4.78, 5) is 27.4. The first-order valence-corrected chi connectivity index (χ1v) is 8.05. The molecule has 1 saturated heterocycles. The fraction of sp³-hybridized carbons (Fsp3) is 0.417. The summed E-state index contributed by atoms with van der Waals surface area (Å²) in [5.74, 6) is -1.89. The highest BCUT2D eigenvalue weighted by atomic mass is 32.2. The van der Waals surface area contributed by atoms with Gasteiger partial charge in [0.25, 0.3) is 5.91 Å². The third-order valence-electron chi connectivity index (χ3n) is 3.28. The highest BCUT2D eigenvalue weighted by Crippen LogP contribution is 2.24. The lowest BCUT2D eigenvalue weighted by Gasteiger charge is -2.28. The lowest BCUT2D eigenvalue weighted by Crippen LogP contribution is -2.40. The predicted molar refractivity (Wildman–Crippen MR) is 74.8 cm³/mol. The summed E-state index contributed by atoms with van der Waals surface area (Å²) in [6.45, 7) is -0.359. The molecule has 0 aliphatic carbocycles. The number of pyridine rings is 1. The van der Waals surface area contributed by atoms with E-state index in [0.717, 1.165) is 0 Å². The molecule has 3 N–H and O–H groups in total. The molecule has 0 bridgehead atoms. The van der Waals surface area contributed by atoms with Crippen molar-refractivity contribution in [1.29, 1.82) is 0 Å². The average molecular weight is 313 g/mol. The number of hydrogen-bond donors (Lipinski definition) is 2. The molecule has 1 atom stereocenters. The van der Waals surface area contributed by atoms with Crippen LogP contribution in [0.25, 0.3) is 0 Å². The molecule has 1 aromatic rings. The summed E-state index contributed by atoms with van der Waals surface area (Å²) in [6.07, 6.45) is 1.69. The number of rotatable bonds is 5. The van der Waals surface area contributed by atoms with Crippen LogP contribution in [0.3, 0.4) is 0 Å². The van der Waals surface area contributed by atoms with E-state index in [1.165, 1.54) is 23.2 Å². The van der Waals surface area contributed by atoms with E-state index in [2.05, 4.69) is 4.98 Å². The van der Waals surface area contributed by atoms with E-state index < -0.39 is 27.8 Å². The second kappa shape index (κ2) is 5.68. The van der Waals surface area contributed by atoms with Crippen molar-refractivity contribution < 1.29 is 23.1 Å². The maximum absolute atomic E-state index is 11.6. The number of carboxylic acids is 1. The molecule has 2 rings (SSSR count). The van der Waals surface area contributed by atoms with Crippen molar-refractivity contribution in [3.05, 3.63) is 24.0 Å². The van der Waals surface area contributed by atoms with Crippen molar-refractivity contribution in [3.63, 3.8) is 0 Å². The zero-order valence-electron chi connectivity index (χ0n) is 11.1. The van der Waals surface area contributed by atoms with E-state index in [0.29, 0.717) is 12.1 Å². The Balaban J connectivity index is 2.34. The Labute approximate surface area is 121 Å². The number of primary amides is 1. The molecule has 1 amide bonds. The van der Waals surface area contributed by atoms with Crippen LogP contribution in [-0.2, 0) is 14.6 Å². The van der Waals surface area contributed by atoms with Crippen LogP contribution in [0.2, 0.25) is 0 Å². The summed E-state index contributed by atoms with van der Waals surface area (Å²) in [5.41, 5.74) is 5.57. The van der Waals surface area contributed by atoms with Crippen LogP contribution >= 0.6 is 0 Å². The Hall–Kier alpha value is -2.16. The Kier molecular flexibility index (Phi) is 4.12. The first-order valence-electron chi connectivity index (χ1n) is 6.23. The van der Waals surface area contributed by atoms with E-state index in [9.17, 15) is 18.0 Å². The van der Waals surface area contributed by atoms with E-state index in [4.69, 9.17) is 10.8 Å². The van der Waals surface area contributed by atoms with Crippen molar-refractivity contribution in [2.45, 2.75) is 12.5 Å². The van der Waals surface area contributed by atoms with Gasteiger partial charge in [0, 0.05) is 17.9 Å². The van der Waals surface area contributed by atoms with Gasteiger partial charge in [-0.3, -0.25) is 14.6 Å². The molecular weight excluding hydrogens is 298 g/mol. The van der Waals surface area contributed by atoms with Crippen LogP contribution in [0, 0.1) is 0 Å². The second-order valence-corrected chi connectivity index (χ2v) is 7.07. The molecule has 0 aromatic carbocycles. The molecule has 114 valence electrons. The van der Waals surface area contributed by atoms with Gasteiger partial charge < -0.3 is 15.7 Å². The van der Waals surface area contributed by atoms with Gasteiger partial charge in [-0.2, -0.15) is 0 Å². The number of carbonyl (C=O) groups excluding carboxylic acids is 1. The highest BCUT2D eigenvalue weighted by molar-refractivity contribution is 7.91. The van der Waals surface area contributed by atoms with Crippen LogP contribution in [0.1, 0.15) is 16.9 Å². The minimum Gasteiger partial charge on any atom is -0.480 e. The largest absolute Gasteiger partial charge is 0.480 e. The van der Waals surface area contributed by atoms with Gasteiger partial charge in [0.2, 0.25) is 0 Å². The minimum absolute atomic E-state index is 0.00347. The number of aliphatic carboxylic acids is 1. The summed E-state index contributed by atoms with van der Waals surface area (Å²) in [5, 5.41) is 9.02. The number of nitrogens with zero attached hydrogens (tertiary/aromatic N) is 2. The number of hydrogen-bond acceptors (Lipinski definition) is 6. The quantitative estimate of drug-likeness (QED) is 0.731. The van der Waals surface area contributed by atoms with Crippen LogP contribution in [-0.4, -0.2) is 54.5 Å². The van der Waals surface area contributed by atoms with Crippen molar-refractivity contribution in [2.24, 2.45) is 5.73 Å². The van der Waals surface area contributed by atoms with Gasteiger partial charge in [0.15, 0.2) is 9.84 Å². The van der Waals surface area contributed by atoms with E-state index >= 15 is 0 Å². The molecule has 0 spiro atoms. The van der Waals surface area contributed by atoms with Gasteiger partial charge in [-0.05, 0) is 18.6 Å². The Morgan fingerprint density at radius 3 is 2.71 bits per heavy atom. The Bertz CT molecular complexity index is 673. The van der Waals surface area contributed by atoms with E-state index in [-0.39, 0.29) is 23.7 Å². The molecule has 1 aliphatic rings. The number of carbonyl (C=O) groups is 2. The highest BCUT2D eigenvalue weighted by Gasteiger charge is 2.33. The zero-order chi connectivity index (χ0) is 15.6. The molecule has 1 aromatic heterocycles. The Morgan fingerprint density at radius 2 is 2.19 bits per heavy atom. The number of amides is 1. The van der Waals surface area contributed by atoms with Crippen LogP contribution in [0.15, 0.2) is 18.3 Å². The topological polar surface area (TPSA) is 131 Å². The molecule has 8 nitrogen and oxygen atoms in total. The minimum atomic E-state index is -3.15. The maximum atomic E-state index is 11.6. The molecule has 9 heteroatoms. The summed E-state index contributed by atoms with van der Waals surface area (Å²) in [7, 11) is -3.15. The van der Waals surface area contributed by atoms with E-state index in [1.54, 1.807) is 0 Å². The van der Waals surface area contributed by atoms with Gasteiger partial charge in [0.05, 0.1) is 11.5 Å². The van der Waals surface area contributed by atoms with Gasteiger partial charge in [-0.25, -0.2) is 8.42 Å². The summed E-state index contributed by atoms with van der Waals surface area (Å²) < 4.78 is 23.2. The third-order valence-corrected chi connectivity index (χ3v) is 5.03. The lowest BCUT2D eigenvalue weighted by molar-refractivity contribution is -0.135. The van der Waals surface area contributed by atoms with Crippen LogP contribution < -0.4 is 10.6 Å². The van der Waals surface area contributed by atoms with Gasteiger partial charge in [-0.15, -0.1) is 0 Å². The molecule has 1 fully saturated rings. The van der Waals surface area contributed by atoms with Crippen molar-refractivity contribution in [2.75, 3.05) is 23.0 Å². The van der Waals surface area contributed by atoms with Gasteiger partial charge >= 0.3 is 5.97 Å². The lowest BCUT2D eigenvalue weighted by atomic mass is 10.2. The SMILES string of the molecule is NC(=O)c1cc(N(CC(=O)O)C2CCS(=O)(=O)C2)ccn1. The van der Waals surface area contributed by atoms with Gasteiger partial charge in [0.1, 0.15) is 12.2 Å². The molecule has 0 radical (unpaired) electrons. The molecule has 1 aliphatic heterocycles. The maximum Gasteiger partial charge on any atom is 0.323 e. The van der Waals surface area contributed by atoms with Crippen molar-refractivity contribution >= 4 is 27.4 Å². The smallest absolute Gasteiger partial charge is 0.323 e. The monoisotopic (exact) mass is 313 g/mol. The number of nitrogens with two attached hydrogens (primary N) is 1. The number of anilines is 1. The standard InChI is InChI=1S/C12H15N3O5S/c13-12(18)10-5-8(1-3-14-10)15(6-11(16)17)9-2-4-21(19,20)7-9/h1,3,5,9H,2,4,6-7H2,(H2,13,18)(H,16,17). The van der Waals surface area contributed by atoms with E-state index in [1.807, 2.05) is 0 Å². The first kappa shape index (κ1) is 15.2. The third kappa shape index (κ3) is 3.69. The average Bonchev–Trinajstić information content (AvgIpc) is 2.76. The van der Waals surface area contributed by atoms with Crippen LogP contribution in [0.5, 0.6) is 0 Å². The molecule has 2 heterocycles. The normalized spacial score (nSPS) is 20.1. The molecule has 21 heavy (non-hydrogen) atoms. The predicted octanol–water partition coefficient (Wildman–Crippen LogP) is -0.741. The van der Waals surface area contributed by atoms with Crippen molar-refractivity contribution in [1.82, 2.24) is 4.98 Å². The summed E-state index contributed by atoms with van der Waals surface area (Å²) in [6, 6.07) is 2.46. The number of aromatic nitrogens is 1. The molecular formula is C12H15N3O5S. The summed E-state index contributed by atoms with van der Waals surface area (Å²) >= 11 is 0. The fourth-order valence-electron chi connectivity index (χ4n) is 2.33. The van der Waals surface area contributed by atoms with Crippen LogP contribution in [0.4, 0.5) is 5.69 Å². The van der Waals surface area contributed by atoms with Crippen molar-refractivity contribution in [3.8, 4) is 0 Å². The number of sulfone groups is 1. The number of carboxylic acid groups (broad SMARTS) is 1. The fourth-order valence-corrected chi connectivity index (χ4v) is 4.06. The zero-order valence-corrected chi connectivity index (χ0v) is 11.9. The van der Waals surface area contributed by atoms with Gasteiger partial charge in [-0.1, -0.05) is 0 Å².